The minimum atomic E-state index is -0.487. The Hall–Kier alpha value is -3.06. The fourth-order valence-electron chi connectivity index (χ4n) is 3.70. The molecule has 0 saturated carbocycles. The molecule has 2 aliphatic rings. The second-order valence-electron chi connectivity index (χ2n) is 7.31. The van der Waals surface area contributed by atoms with Crippen LogP contribution in [0.5, 0.6) is 0 Å². The Morgan fingerprint density at radius 3 is 2.17 bits per heavy atom. The van der Waals surface area contributed by atoms with E-state index in [2.05, 4.69) is 4.90 Å². The highest BCUT2D eigenvalue weighted by Crippen LogP contribution is 2.33. The summed E-state index contributed by atoms with van der Waals surface area (Å²) in [6.45, 7) is 2.57. The summed E-state index contributed by atoms with van der Waals surface area (Å²) in [5, 5.41) is 0. The summed E-state index contributed by atoms with van der Waals surface area (Å²) in [5.74, 6) is -1.82. The lowest BCUT2D eigenvalue weighted by Crippen LogP contribution is -2.46. The highest BCUT2D eigenvalue weighted by atomic mass is 19.1. The Balaban J connectivity index is 1.73. The molecule has 4 rings (SSSR count). The fraction of sp³-hybridized carbons (Fsp3) is 0.273. The highest BCUT2D eigenvalue weighted by molar-refractivity contribution is 6.35. The quantitative estimate of drug-likeness (QED) is 0.744. The van der Waals surface area contributed by atoms with Crippen LogP contribution < -0.4 is 0 Å². The first-order valence-electron chi connectivity index (χ1n) is 9.49. The van der Waals surface area contributed by atoms with Crippen LogP contribution in [0.15, 0.2) is 54.2 Å². The van der Waals surface area contributed by atoms with Crippen LogP contribution in [0.25, 0.3) is 5.57 Å². The van der Waals surface area contributed by atoms with Gasteiger partial charge in [-0.2, -0.15) is 0 Å². The van der Waals surface area contributed by atoms with Gasteiger partial charge in [0.05, 0.1) is 12.1 Å². The number of imide groups is 1. The molecule has 5 nitrogen and oxygen atoms in total. The fourth-order valence-corrected chi connectivity index (χ4v) is 3.70. The summed E-state index contributed by atoms with van der Waals surface area (Å²) in [6.07, 6.45) is 0. The molecule has 150 valence electrons. The van der Waals surface area contributed by atoms with Crippen LogP contribution in [0.4, 0.5) is 8.78 Å². The Morgan fingerprint density at radius 2 is 1.52 bits per heavy atom. The molecule has 2 heterocycles. The van der Waals surface area contributed by atoms with Gasteiger partial charge >= 0.3 is 0 Å². The monoisotopic (exact) mass is 397 g/mol. The van der Waals surface area contributed by atoms with E-state index in [-0.39, 0.29) is 17.7 Å². The molecule has 0 radical (unpaired) electrons. The Labute approximate surface area is 167 Å². The number of hydrogen-bond acceptors (Lipinski definition) is 4. The number of rotatable bonds is 4. The second kappa shape index (κ2) is 7.75. The normalized spacial score (nSPS) is 18.2. The van der Waals surface area contributed by atoms with Crippen LogP contribution in [0, 0.1) is 11.6 Å². The maximum Gasteiger partial charge on any atom is 0.278 e. The van der Waals surface area contributed by atoms with E-state index < -0.39 is 23.4 Å². The zero-order valence-electron chi connectivity index (χ0n) is 16.1. The largest absolute Gasteiger partial charge is 0.364 e. The average molecular weight is 397 g/mol. The Bertz CT molecular complexity index is 980. The first kappa shape index (κ1) is 19.3. The van der Waals surface area contributed by atoms with E-state index in [1.165, 1.54) is 30.3 Å². The summed E-state index contributed by atoms with van der Waals surface area (Å²) in [4.78, 5) is 31.6. The first-order chi connectivity index (χ1) is 14.0. The van der Waals surface area contributed by atoms with Crippen molar-refractivity contribution >= 4 is 17.4 Å². The third-order valence-corrected chi connectivity index (χ3v) is 5.38. The summed E-state index contributed by atoms with van der Waals surface area (Å²) in [6, 6.07) is 11.6. The molecule has 2 aromatic rings. The topological polar surface area (TPSA) is 43.9 Å². The van der Waals surface area contributed by atoms with Gasteiger partial charge in [0.2, 0.25) is 0 Å². The number of carbonyl (C=O) groups is 2. The Kier molecular flexibility index (Phi) is 5.15. The standard InChI is InChI=1S/C22H21F2N3O2/c1-25-10-12-26(13-11-25)20-19(15-6-8-17(23)9-7-15)21(28)27(22(20)29)14-16-4-2-3-5-18(16)24/h2-9H,10-14H2,1H3. The van der Waals surface area contributed by atoms with Gasteiger partial charge in [-0.25, -0.2) is 8.78 Å². The van der Waals surface area contributed by atoms with Crippen molar-refractivity contribution in [3.63, 3.8) is 0 Å². The van der Waals surface area contributed by atoms with E-state index in [0.717, 1.165) is 18.0 Å². The number of hydrogen-bond donors (Lipinski definition) is 0. The maximum absolute atomic E-state index is 14.1. The van der Waals surface area contributed by atoms with E-state index in [9.17, 15) is 18.4 Å². The molecule has 2 aliphatic heterocycles. The van der Waals surface area contributed by atoms with Gasteiger partial charge in [0.25, 0.3) is 11.8 Å². The zero-order chi connectivity index (χ0) is 20.5. The van der Waals surface area contributed by atoms with Crippen molar-refractivity contribution in [3.8, 4) is 0 Å². The van der Waals surface area contributed by atoms with Gasteiger partial charge in [-0.3, -0.25) is 14.5 Å². The van der Waals surface area contributed by atoms with Gasteiger partial charge in [0.15, 0.2) is 0 Å². The zero-order valence-corrected chi connectivity index (χ0v) is 16.1. The van der Waals surface area contributed by atoms with Crippen LogP contribution in [0.1, 0.15) is 11.1 Å². The number of halogens is 2. The molecule has 29 heavy (non-hydrogen) atoms. The number of amides is 2. The average Bonchev–Trinajstić information content (AvgIpc) is 2.96. The molecule has 1 saturated heterocycles. The molecule has 0 unspecified atom stereocenters. The molecule has 0 bridgehead atoms. The molecule has 0 spiro atoms. The number of carbonyl (C=O) groups excluding carboxylic acids is 2. The van der Waals surface area contributed by atoms with Gasteiger partial charge in [-0.1, -0.05) is 30.3 Å². The lowest BCUT2D eigenvalue weighted by Gasteiger charge is -2.34. The molecule has 7 heteroatoms. The van der Waals surface area contributed by atoms with Gasteiger partial charge < -0.3 is 9.80 Å². The first-order valence-corrected chi connectivity index (χ1v) is 9.49. The third kappa shape index (κ3) is 3.65. The van der Waals surface area contributed by atoms with Crippen molar-refractivity contribution in [2.45, 2.75) is 6.54 Å². The van der Waals surface area contributed by atoms with E-state index in [1.54, 1.807) is 18.2 Å². The van der Waals surface area contributed by atoms with Crippen LogP contribution in [-0.4, -0.2) is 59.7 Å². The van der Waals surface area contributed by atoms with E-state index in [0.29, 0.717) is 24.4 Å². The minimum absolute atomic E-state index is 0.147. The third-order valence-electron chi connectivity index (χ3n) is 5.38. The molecule has 1 fully saturated rings. The second-order valence-corrected chi connectivity index (χ2v) is 7.31. The van der Waals surface area contributed by atoms with Crippen LogP contribution in [-0.2, 0) is 16.1 Å². The summed E-state index contributed by atoms with van der Waals surface area (Å²) in [5.41, 5.74) is 1.31. The van der Waals surface area contributed by atoms with Crippen molar-refractivity contribution in [1.29, 1.82) is 0 Å². The molecule has 0 N–H and O–H groups in total. The van der Waals surface area contributed by atoms with Gasteiger partial charge in [0, 0.05) is 31.7 Å². The van der Waals surface area contributed by atoms with Gasteiger partial charge in [-0.05, 0) is 30.8 Å². The molecular weight excluding hydrogens is 376 g/mol. The molecule has 0 aromatic heterocycles. The summed E-state index contributed by atoms with van der Waals surface area (Å²) >= 11 is 0. The van der Waals surface area contributed by atoms with Gasteiger partial charge in [-0.15, -0.1) is 0 Å². The van der Waals surface area contributed by atoms with E-state index in [1.807, 2.05) is 11.9 Å². The smallest absolute Gasteiger partial charge is 0.278 e. The molecule has 0 aliphatic carbocycles. The molecule has 2 amide bonds. The van der Waals surface area contributed by atoms with Crippen molar-refractivity contribution in [2.75, 3.05) is 33.2 Å². The SMILES string of the molecule is CN1CCN(C2=C(c3ccc(F)cc3)C(=O)N(Cc3ccccc3F)C2=O)CC1. The number of piperazine rings is 1. The molecule has 2 aromatic carbocycles. The number of nitrogens with zero attached hydrogens (tertiary/aromatic N) is 3. The lowest BCUT2D eigenvalue weighted by molar-refractivity contribution is -0.138. The Morgan fingerprint density at radius 1 is 0.862 bits per heavy atom. The van der Waals surface area contributed by atoms with Crippen molar-refractivity contribution in [2.24, 2.45) is 0 Å². The van der Waals surface area contributed by atoms with Crippen LogP contribution >= 0.6 is 0 Å². The predicted molar refractivity (Wildman–Crippen MR) is 104 cm³/mol. The minimum Gasteiger partial charge on any atom is -0.364 e. The molecular formula is C22H21F2N3O2. The maximum atomic E-state index is 14.1. The summed E-state index contributed by atoms with van der Waals surface area (Å²) < 4.78 is 27.6. The van der Waals surface area contributed by atoms with Gasteiger partial charge in [0.1, 0.15) is 17.3 Å². The van der Waals surface area contributed by atoms with Crippen LogP contribution in [0.3, 0.4) is 0 Å². The van der Waals surface area contributed by atoms with Crippen LogP contribution in [0.2, 0.25) is 0 Å². The van der Waals surface area contributed by atoms with E-state index in [4.69, 9.17) is 0 Å². The summed E-state index contributed by atoms with van der Waals surface area (Å²) in [7, 11) is 2.00. The van der Waals surface area contributed by atoms with Crippen molar-refractivity contribution in [1.82, 2.24) is 14.7 Å². The van der Waals surface area contributed by atoms with E-state index >= 15 is 0 Å². The lowest BCUT2D eigenvalue weighted by atomic mass is 10.0. The highest BCUT2D eigenvalue weighted by Gasteiger charge is 2.42. The number of likely N-dealkylation sites (N-methyl/N-ethyl adjacent to an activating group) is 1. The van der Waals surface area contributed by atoms with Crippen molar-refractivity contribution < 1.29 is 18.4 Å². The predicted octanol–water partition coefficient (Wildman–Crippen LogP) is 2.49. The molecule has 0 atom stereocenters. The van der Waals surface area contributed by atoms with Crippen molar-refractivity contribution in [3.05, 3.63) is 77.0 Å². The number of benzene rings is 2.